The molecular formula is C15H23ClN2OS. The van der Waals surface area contributed by atoms with E-state index in [1.807, 2.05) is 40.9 Å². The Hall–Kier alpha value is -0.870. The molecule has 2 rings (SSSR count). The fourth-order valence-electron chi connectivity index (χ4n) is 2.39. The Morgan fingerprint density at radius 1 is 1.40 bits per heavy atom. The molecule has 0 aromatic heterocycles. The van der Waals surface area contributed by atoms with Crippen molar-refractivity contribution in [2.24, 2.45) is 0 Å². The third-order valence-corrected chi connectivity index (χ3v) is 4.74. The smallest absolute Gasteiger partial charge is 0.222 e. The number of anilines is 1. The number of nitrogens with zero attached hydrogens (tertiary/aromatic N) is 1. The highest BCUT2D eigenvalue weighted by Gasteiger charge is 2.29. The zero-order chi connectivity index (χ0) is 13.9. The van der Waals surface area contributed by atoms with Gasteiger partial charge in [-0.2, -0.15) is 11.8 Å². The second-order valence-corrected chi connectivity index (χ2v) is 7.42. The van der Waals surface area contributed by atoms with E-state index in [1.165, 1.54) is 0 Å². The minimum Gasteiger partial charge on any atom is -0.399 e. The molecule has 1 aromatic carbocycles. The number of nitrogens with two attached hydrogens (primary N) is 1. The summed E-state index contributed by atoms with van der Waals surface area (Å²) in [6.07, 6.45) is 1.28. The van der Waals surface area contributed by atoms with Gasteiger partial charge in [-0.15, -0.1) is 12.4 Å². The van der Waals surface area contributed by atoms with Gasteiger partial charge in [0, 0.05) is 35.7 Å². The topological polar surface area (TPSA) is 46.3 Å². The Morgan fingerprint density at radius 2 is 2.10 bits per heavy atom. The monoisotopic (exact) mass is 314 g/mol. The summed E-state index contributed by atoms with van der Waals surface area (Å²) in [6.45, 7) is 6.12. The van der Waals surface area contributed by atoms with Gasteiger partial charge in [0.05, 0.1) is 0 Å². The second kappa shape index (κ2) is 7.23. The fourth-order valence-corrected chi connectivity index (χ4v) is 3.50. The minimum atomic E-state index is 0. The Kier molecular flexibility index (Phi) is 6.21. The van der Waals surface area contributed by atoms with Crippen molar-refractivity contribution in [1.29, 1.82) is 0 Å². The number of nitrogen functional groups attached to an aromatic ring is 1. The highest BCUT2D eigenvalue weighted by Crippen LogP contribution is 2.29. The molecule has 0 saturated carbocycles. The van der Waals surface area contributed by atoms with E-state index in [-0.39, 0.29) is 23.1 Å². The number of carbonyl (C=O) groups excluding carboxylic acids is 1. The van der Waals surface area contributed by atoms with Crippen molar-refractivity contribution in [3.63, 3.8) is 0 Å². The van der Waals surface area contributed by atoms with Crippen molar-refractivity contribution < 1.29 is 4.79 Å². The first kappa shape index (κ1) is 17.2. The molecule has 1 aromatic rings. The van der Waals surface area contributed by atoms with Crippen molar-refractivity contribution in [2.75, 3.05) is 24.6 Å². The predicted octanol–water partition coefficient (Wildman–Crippen LogP) is 2.98. The lowest BCUT2D eigenvalue weighted by Crippen LogP contribution is -2.46. The van der Waals surface area contributed by atoms with E-state index in [0.717, 1.165) is 36.5 Å². The van der Waals surface area contributed by atoms with E-state index in [4.69, 9.17) is 5.73 Å². The number of carbonyl (C=O) groups is 1. The van der Waals surface area contributed by atoms with Crippen LogP contribution in [0.15, 0.2) is 24.3 Å². The standard InChI is InChI=1S/C15H22N2OS.ClH/c1-15(2)11-17(9-10-19-15)14(18)8-7-12-5-3-4-6-13(12)16;/h3-6H,7-11,16H2,1-2H3;1H. The first-order valence-electron chi connectivity index (χ1n) is 6.73. The van der Waals surface area contributed by atoms with Crippen LogP contribution >= 0.6 is 24.2 Å². The number of rotatable bonds is 3. The van der Waals surface area contributed by atoms with Crippen LogP contribution in [0.1, 0.15) is 25.8 Å². The molecule has 112 valence electrons. The summed E-state index contributed by atoms with van der Waals surface area (Å²) >= 11 is 1.94. The summed E-state index contributed by atoms with van der Waals surface area (Å²) in [5, 5.41) is 0. The van der Waals surface area contributed by atoms with Crippen LogP contribution in [0.25, 0.3) is 0 Å². The molecular weight excluding hydrogens is 292 g/mol. The molecule has 3 nitrogen and oxygen atoms in total. The van der Waals surface area contributed by atoms with Crippen molar-refractivity contribution >= 4 is 35.8 Å². The number of para-hydroxylation sites is 1. The van der Waals surface area contributed by atoms with Gasteiger partial charge in [-0.3, -0.25) is 4.79 Å². The first-order chi connectivity index (χ1) is 8.98. The normalized spacial score (nSPS) is 17.4. The molecule has 0 unspecified atom stereocenters. The molecule has 1 saturated heterocycles. The van der Waals surface area contributed by atoms with Crippen LogP contribution in [0, 0.1) is 0 Å². The number of halogens is 1. The first-order valence-corrected chi connectivity index (χ1v) is 7.72. The van der Waals surface area contributed by atoms with E-state index in [2.05, 4.69) is 13.8 Å². The quantitative estimate of drug-likeness (QED) is 0.872. The summed E-state index contributed by atoms with van der Waals surface area (Å²) in [7, 11) is 0. The van der Waals surface area contributed by atoms with Gasteiger partial charge in [0.2, 0.25) is 5.91 Å². The van der Waals surface area contributed by atoms with Gasteiger partial charge in [0.25, 0.3) is 0 Å². The van der Waals surface area contributed by atoms with Gasteiger partial charge in [-0.05, 0) is 31.9 Å². The fraction of sp³-hybridized carbons (Fsp3) is 0.533. The van der Waals surface area contributed by atoms with Crippen LogP contribution in [-0.4, -0.2) is 34.4 Å². The van der Waals surface area contributed by atoms with Crippen molar-refractivity contribution in [3.05, 3.63) is 29.8 Å². The van der Waals surface area contributed by atoms with Gasteiger partial charge in [-0.25, -0.2) is 0 Å². The average molecular weight is 315 g/mol. The van der Waals surface area contributed by atoms with E-state index < -0.39 is 0 Å². The molecule has 0 radical (unpaired) electrons. The minimum absolute atomic E-state index is 0. The number of amides is 1. The molecule has 5 heteroatoms. The molecule has 0 spiro atoms. The highest BCUT2D eigenvalue weighted by molar-refractivity contribution is 8.00. The second-order valence-electron chi connectivity index (χ2n) is 5.62. The predicted molar refractivity (Wildman–Crippen MR) is 89.5 cm³/mol. The van der Waals surface area contributed by atoms with Crippen LogP contribution in [0.3, 0.4) is 0 Å². The Balaban J connectivity index is 0.00000200. The molecule has 1 amide bonds. The molecule has 0 atom stereocenters. The Labute approximate surface area is 131 Å². The number of hydrogen-bond acceptors (Lipinski definition) is 3. The van der Waals surface area contributed by atoms with Crippen molar-refractivity contribution in [1.82, 2.24) is 4.90 Å². The third-order valence-electron chi connectivity index (χ3n) is 3.44. The molecule has 0 bridgehead atoms. The van der Waals surface area contributed by atoms with Crippen molar-refractivity contribution in [2.45, 2.75) is 31.4 Å². The average Bonchev–Trinajstić information content (AvgIpc) is 2.36. The lowest BCUT2D eigenvalue weighted by molar-refractivity contribution is -0.131. The Morgan fingerprint density at radius 3 is 2.75 bits per heavy atom. The SMILES string of the molecule is CC1(C)CN(C(=O)CCc2ccccc2N)CCS1.Cl. The van der Waals surface area contributed by atoms with E-state index in [9.17, 15) is 4.79 Å². The summed E-state index contributed by atoms with van der Waals surface area (Å²) in [5.41, 5.74) is 7.75. The number of aryl methyl sites for hydroxylation is 1. The summed E-state index contributed by atoms with van der Waals surface area (Å²) in [4.78, 5) is 14.2. The molecule has 1 fully saturated rings. The zero-order valence-corrected chi connectivity index (χ0v) is 13.7. The van der Waals surface area contributed by atoms with Gasteiger partial charge in [0.1, 0.15) is 0 Å². The number of benzene rings is 1. The van der Waals surface area contributed by atoms with Crippen LogP contribution in [0.4, 0.5) is 5.69 Å². The van der Waals surface area contributed by atoms with E-state index >= 15 is 0 Å². The van der Waals surface area contributed by atoms with Gasteiger partial charge >= 0.3 is 0 Å². The maximum Gasteiger partial charge on any atom is 0.222 e. The molecule has 1 heterocycles. The maximum absolute atomic E-state index is 12.2. The summed E-state index contributed by atoms with van der Waals surface area (Å²) < 4.78 is 0.180. The van der Waals surface area contributed by atoms with Crippen molar-refractivity contribution in [3.8, 4) is 0 Å². The summed E-state index contributed by atoms with van der Waals surface area (Å²) in [5.74, 6) is 1.28. The van der Waals surface area contributed by atoms with Crippen LogP contribution in [0.2, 0.25) is 0 Å². The largest absolute Gasteiger partial charge is 0.399 e. The van der Waals surface area contributed by atoms with E-state index in [0.29, 0.717) is 6.42 Å². The molecule has 20 heavy (non-hydrogen) atoms. The highest BCUT2D eigenvalue weighted by atomic mass is 35.5. The lowest BCUT2D eigenvalue weighted by Gasteiger charge is -2.37. The summed E-state index contributed by atoms with van der Waals surface area (Å²) in [6, 6.07) is 7.78. The number of thioether (sulfide) groups is 1. The molecule has 2 N–H and O–H groups in total. The van der Waals surface area contributed by atoms with Gasteiger partial charge < -0.3 is 10.6 Å². The van der Waals surface area contributed by atoms with Crippen LogP contribution in [-0.2, 0) is 11.2 Å². The zero-order valence-electron chi connectivity index (χ0n) is 12.1. The lowest BCUT2D eigenvalue weighted by atomic mass is 10.1. The van der Waals surface area contributed by atoms with E-state index in [1.54, 1.807) is 0 Å². The van der Waals surface area contributed by atoms with Crippen LogP contribution < -0.4 is 5.73 Å². The Bertz CT molecular complexity index is 465. The third kappa shape index (κ3) is 4.60. The molecule has 1 aliphatic heterocycles. The molecule has 0 aliphatic carbocycles. The maximum atomic E-state index is 12.2. The molecule has 1 aliphatic rings. The number of hydrogen-bond donors (Lipinski definition) is 1. The van der Waals surface area contributed by atoms with Gasteiger partial charge in [0.15, 0.2) is 0 Å². The van der Waals surface area contributed by atoms with Crippen LogP contribution in [0.5, 0.6) is 0 Å². The van der Waals surface area contributed by atoms with Gasteiger partial charge in [-0.1, -0.05) is 18.2 Å².